The lowest BCUT2D eigenvalue weighted by molar-refractivity contribution is -0.147. The largest absolute Gasteiger partial charge is 0.490 e. The van der Waals surface area contributed by atoms with Gasteiger partial charge < -0.3 is 14.5 Å². The third kappa shape index (κ3) is 4.42. The van der Waals surface area contributed by atoms with Crippen LogP contribution in [0.4, 0.5) is 4.39 Å². The van der Waals surface area contributed by atoms with Crippen molar-refractivity contribution in [2.75, 3.05) is 26.2 Å². The summed E-state index contributed by atoms with van der Waals surface area (Å²) in [6.45, 7) is 4.08. The van der Waals surface area contributed by atoms with Crippen LogP contribution in [0.15, 0.2) is 54.6 Å². The summed E-state index contributed by atoms with van der Waals surface area (Å²) in [5, 5.41) is 0. The number of carbonyl (C=O) groups excluding carboxylic acids is 2. The van der Waals surface area contributed by atoms with Gasteiger partial charge in [0, 0.05) is 39.0 Å². The average Bonchev–Trinajstić information content (AvgIpc) is 3.43. The molecule has 3 fully saturated rings. The van der Waals surface area contributed by atoms with Gasteiger partial charge in [-0.15, -0.1) is 0 Å². The molecule has 1 aliphatic carbocycles. The Morgan fingerprint density at radius 3 is 2.38 bits per heavy atom. The van der Waals surface area contributed by atoms with Gasteiger partial charge in [-0.25, -0.2) is 4.39 Å². The molecule has 0 spiro atoms. The first-order chi connectivity index (χ1) is 16.4. The van der Waals surface area contributed by atoms with E-state index in [1.165, 1.54) is 6.07 Å². The zero-order valence-corrected chi connectivity index (χ0v) is 19.8. The van der Waals surface area contributed by atoms with E-state index in [4.69, 9.17) is 4.74 Å². The van der Waals surface area contributed by atoms with Crippen LogP contribution >= 0.6 is 0 Å². The van der Waals surface area contributed by atoms with Crippen molar-refractivity contribution >= 4 is 11.8 Å². The van der Waals surface area contributed by atoms with E-state index in [9.17, 15) is 14.0 Å². The number of fused-ring (bicyclic) bond motifs is 1. The monoisotopic (exact) mass is 464 g/mol. The number of nitrogens with zero attached hydrogens (tertiary/aromatic N) is 2. The topological polar surface area (TPSA) is 49.9 Å². The molecule has 5 nitrogen and oxygen atoms in total. The lowest BCUT2D eigenvalue weighted by Gasteiger charge is -2.42. The lowest BCUT2D eigenvalue weighted by Crippen LogP contribution is -2.52. The van der Waals surface area contributed by atoms with Gasteiger partial charge in [0.15, 0.2) is 0 Å². The van der Waals surface area contributed by atoms with Gasteiger partial charge in [0.05, 0.1) is 5.41 Å². The molecular weight excluding hydrogens is 431 g/mol. The molecule has 3 aliphatic rings. The lowest BCUT2D eigenvalue weighted by atomic mass is 9.72. The Morgan fingerprint density at radius 1 is 0.971 bits per heavy atom. The normalized spacial score (nSPS) is 25.8. The van der Waals surface area contributed by atoms with E-state index >= 15 is 0 Å². The molecule has 0 N–H and O–H groups in total. The van der Waals surface area contributed by atoms with Gasteiger partial charge in [-0.3, -0.25) is 9.59 Å². The minimum Gasteiger partial charge on any atom is -0.490 e. The fourth-order valence-electron chi connectivity index (χ4n) is 6.26. The van der Waals surface area contributed by atoms with Crippen molar-refractivity contribution < 1.29 is 18.7 Å². The Morgan fingerprint density at radius 2 is 1.68 bits per heavy atom. The van der Waals surface area contributed by atoms with Gasteiger partial charge >= 0.3 is 0 Å². The minimum atomic E-state index is -0.678. The van der Waals surface area contributed by atoms with Crippen LogP contribution in [0.2, 0.25) is 0 Å². The summed E-state index contributed by atoms with van der Waals surface area (Å²) < 4.78 is 20.9. The van der Waals surface area contributed by atoms with Gasteiger partial charge in [-0.05, 0) is 61.8 Å². The second kappa shape index (κ2) is 9.40. The van der Waals surface area contributed by atoms with Crippen molar-refractivity contribution in [3.8, 4) is 5.75 Å². The van der Waals surface area contributed by atoms with E-state index in [0.717, 1.165) is 25.1 Å². The number of ether oxygens (including phenoxy) is 1. The summed E-state index contributed by atoms with van der Waals surface area (Å²) in [4.78, 5) is 29.8. The molecule has 0 radical (unpaired) electrons. The number of halogens is 1. The summed E-state index contributed by atoms with van der Waals surface area (Å²) in [5.41, 5.74) is -0.0976. The highest BCUT2D eigenvalue weighted by molar-refractivity contribution is 5.84. The highest BCUT2D eigenvalue weighted by Gasteiger charge is 2.50. The summed E-state index contributed by atoms with van der Waals surface area (Å²) in [7, 11) is 0. The Kier molecular flexibility index (Phi) is 6.32. The predicted molar refractivity (Wildman–Crippen MR) is 128 cm³/mol. The van der Waals surface area contributed by atoms with E-state index in [-0.39, 0.29) is 23.7 Å². The summed E-state index contributed by atoms with van der Waals surface area (Å²) in [5.74, 6) is 1.53. The van der Waals surface area contributed by atoms with Crippen LogP contribution in [-0.4, -0.2) is 53.9 Å². The molecule has 5 rings (SSSR count). The maximum Gasteiger partial charge on any atom is 0.229 e. The first kappa shape index (κ1) is 22.9. The van der Waals surface area contributed by atoms with Crippen molar-refractivity contribution in [3.63, 3.8) is 0 Å². The molecule has 0 aromatic heterocycles. The molecule has 2 saturated heterocycles. The van der Waals surface area contributed by atoms with Gasteiger partial charge in [-0.2, -0.15) is 0 Å². The first-order valence-corrected chi connectivity index (χ1v) is 12.5. The molecule has 3 atom stereocenters. The summed E-state index contributed by atoms with van der Waals surface area (Å²) in [6.07, 6.45) is 3.70. The Bertz CT molecular complexity index is 1030. The third-order valence-electron chi connectivity index (χ3n) is 8.22. The molecule has 180 valence electrons. The molecule has 2 amide bonds. The molecule has 2 heterocycles. The standard InChI is InChI=1S/C28H33FN2O3/c1-20(32)30-15-13-28(14-16-30,17-21-7-5-6-10-25(21)29)27(33)31-18-22-11-12-26(24(22)19-31)34-23-8-3-2-4-9-23/h2-10,22,24,26H,11-19H2,1H3/t22-,24+,26-/m0/s1. The quantitative estimate of drug-likeness (QED) is 0.663. The second-order valence-electron chi connectivity index (χ2n) is 10.2. The number of likely N-dealkylation sites (tertiary alicyclic amines) is 2. The van der Waals surface area contributed by atoms with Crippen LogP contribution in [0.3, 0.4) is 0 Å². The zero-order valence-electron chi connectivity index (χ0n) is 19.8. The molecule has 1 saturated carbocycles. The number of piperidine rings is 1. The molecule has 0 unspecified atom stereocenters. The number of para-hydroxylation sites is 1. The van der Waals surface area contributed by atoms with E-state index in [2.05, 4.69) is 0 Å². The second-order valence-corrected chi connectivity index (χ2v) is 10.2. The summed E-state index contributed by atoms with van der Waals surface area (Å²) >= 11 is 0. The number of hydrogen-bond acceptors (Lipinski definition) is 3. The van der Waals surface area contributed by atoms with E-state index in [1.807, 2.05) is 41.3 Å². The predicted octanol–water partition coefficient (Wildman–Crippen LogP) is 4.31. The van der Waals surface area contributed by atoms with Gasteiger partial charge in [0.2, 0.25) is 11.8 Å². The van der Waals surface area contributed by atoms with Gasteiger partial charge in [-0.1, -0.05) is 36.4 Å². The third-order valence-corrected chi connectivity index (χ3v) is 8.22. The number of amides is 2. The van der Waals surface area contributed by atoms with E-state index in [1.54, 1.807) is 24.0 Å². The SMILES string of the molecule is CC(=O)N1CCC(Cc2ccccc2F)(C(=O)N2C[C@@H]3CC[C@H](Oc4ccccc4)[C@@H]3C2)CC1. The van der Waals surface area contributed by atoms with Crippen molar-refractivity contribution in [1.29, 1.82) is 0 Å². The van der Waals surface area contributed by atoms with Crippen LogP contribution < -0.4 is 4.74 Å². The fourth-order valence-corrected chi connectivity index (χ4v) is 6.26. The van der Waals surface area contributed by atoms with E-state index < -0.39 is 5.41 Å². The average molecular weight is 465 g/mol. The van der Waals surface area contributed by atoms with Crippen molar-refractivity contribution in [2.24, 2.45) is 17.3 Å². The first-order valence-electron chi connectivity index (χ1n) is 12.5. The number of rotatable bonds is 5. The van der Waals surface area contributed by atoms with Crippen molar-refractivity contribution in [3.05, 3.63) is 66.0 Å². The van der Waals surface area contributed by atoms with Crippen molar-refractivity contribution in [1.82, 2.24) is 9.80 Å². The zero-order chi connectivity index (χ0) is 23.7. The highest BCUT2D eigenvalue weighted by Crippen LogP contribution is 2.44. The molecule has 2 aromatic rings. The van der Waals surface area contributed by atoms with Crippen molar-refractivity contribution in [2.45, 2.75) is 45.1 Å². The van der Waals surface area contributed by atoms with Gasteiger partial charge in [0.25, 0.3) is 0 Å². The maximum absolute atomic E-state index is 14.6. The fraction of sp³-hybridized carbons (Fsp3) is 0.500. The number of hydrogen-bond donors (Lipinski definition) is 0. The number of carbonyl (C=O) groups is 2. The molecule has 34 heavy (non-hydrogen) atoms. The van der Waals surface area contributed by atoms with E-state index in [0.29, 0.717) is 56.3 Å². The molecule has 2 aliphatic heterocycles. The maximum atomic E-state index is 14.6. The van der Waals surface area contributed by atoms with Crippen LogP contribution in [0.25, 0.3) is 0 Å². The molecule has 2 aromatic carbocycles. The van der Waals surface area contributed by atoms with Gasteiger partial charge in [0.1, 0.15) is 17.7 Å². The Hall–Kier alpha value is -2.89. The van der Waals surface area contributed by atoms with Crippen LogP contribution in [0.5, 0.6) is 5.75 Å². The molecule has 6 heteroatoms. The number of benzene rings is 2. The Balaban J connectivity index is 1.33. The minimum absolute atomic E-state index is 0.0311. The smallest absolute Gasteiger partial charge is 0.229 e. The molecular formula is C28H33FN2O3. The highest BCUT2D eigenvalue weighted by atomic mass is 19.1. The van der Waals surface area contributed by atoms with Crippen LogP contribution in [0.1, 0.15) is 38.2 Å². The Labute approximate surface area is 200 Å². The van der Waals surface area contributed by atoms with Crippen LogP contribution in [0, 0.1) is 23.1 Å². The van der Waals surface area contributed by atoms with Crippen LogP contribution in [-0.2, 0) is 16.0 Å². The molecule has 0 bridgehead atoms. The summed E-state index contributed by atoms with van der Waals surface area (Å²) in [6, 6.07) is 16.7.